The van der Waals surface area contributed by atoms with Gasteiger partial charge in [0.1, 0.15) is 19.0 Å². The second-order valence-electron chi connectivity index (χ2n) is 5.37. The van der Waals surface area contributed by atoms with Crippen LogP contribution in [0.25, 0.3) is 0 Å². The average Bonchev–Trinajstić information content (AvgIpc) is 2.59. The maximum Gasteiger partial charge on any atom is 0.338 e. The van der Waals surface area contributed by atoms with Crippen molar-refractivity contribution < 1.29 is 23.8 Å². The lowest BCUT2D eigenvalue weighted by Crippen LogP contribution is -2.45. The van der Waals surface area contributed by atoms with Crippen LogP contribution >= 0.6 is 0 Å². The summed E-state index contributed by atoms with van der Waals surface area (Å²) in [5, 5.41) is 5.35. The molecule has 0 saturated heterocycles. The normalized spacial score (nSPS) is 16.7. The summed E-state index contributed by atoms with van der Waals surface area (Å²) in [5.41, 5.74) is 1.51. The summed E-state index contributed by atoms with van der Waals surface area (Å²) in [6, 6.07) is 6.17. The van der Waals surface area contributed by atoms with Crippen LogP contribution in [0.15, 0.2) is 48.2 Å². The van der Waals surface area contributed by atoms with Crippen molar-refractivity contribution in [3.63, 3.8) is 0 Å². The molecule has 1 atom stereocenters. The predicted octanol–water partition coefficient (Wildman–Crippen LogP) is 2.07. The lowest BCUT2D eigenvalue weighted by Gasteiger charge is -2.28. The van der Waals surface area contributed by atoms with Crippen LogP contribution in [-0.2, 0) is 14.3 Å². The number of rotatable bonds is 8. The van der Waals surface area contributed by atoms with Crippen molar-refractivity contribution in [1.82, 2.24) is 10.6 Å². The fraction of sp³-hybridized carbons (Fsp3) is 0.333. The molecular formula is C18H22N2O5. The lowest BCUT2D eigenvalue weighted by atomic mass is 9.95. The van der Waals surface area contributed by atoms with Crippen LogP contribution in [0.3, 0.4) is 0 Å². The molecule has 0 spiro atoms. The van der Waals surface area contributed by atoms with Crippen molar-refractivity contribution in [2.45, 2.75) is 13.0 Å². The van der Waals surface area contributed by atoms with Crippen LogP contribution in [0.1, 0.15) is 18.5 Å². The topological polar surface area (TPSA) is 85.9 Å². The second-order valence-corrected chi connectivity index (χ2v) is 5.37. The fourth-order valence-corrected chi connectivity index (χ4v) is 2.45. The van der Waals surface area contributed by atoms with E-state index in [0.717, 1.165) is 5.56 Å². The molecular weight excluding hydrogens is 324 g/mol. The summed E-state index contributed by atoms with van der Waals surface area (Å²) >= 11 is 0. The second kappa shape index (κ2) is 8.89. The molecule has 25 heavy (non-hydrogen) atoms. The molecule has 1 heterocycles. The van der Waals surface area contributed by atoms with Crippen LogP contribution in [0.2, 0.25) is 0 Å². The first-order valence-electron chi connectivity index (χ1n) is 7.84. The highest BCUT2D eigenvalue weighted by atomic mass is 16.6. The minimum Gasteiger partial charge on any atom is -0.490 e. The van der Waals surface area contributed by atoms with E-state index in [4.69, 9.17) is 14.2 Å². The van der Waals surface area contributed by atoms with Crippen molar-refractivity contribution in [2.75, 3.05) is 26.9 Å². The first kappa shape index (κ1) is 18.5. The summed E-state index contributed by atoms with van der Waals surface area (Å²) in [7, 11) is 1.53. The Hall–Kier alpha value is -2.80. The van der Waals surface area contributed by atoms with Crippen LogP contribution in [0.5, 0.6) is 5.75 Å². The Morgan fingerprint density at radius 3 is 2.88 bits per heavy atom. The van der Waals surface area contributed by atoms with Gasteiger partial charge in [-0.1, -0.05) is 24.8 Å². The standard InChI is InChI=1S/C18H22N2O5/c1-4-8-24-14-7-5-6-13(11-14)16-15(12(2)19-18(22)20-16)17(21)25-10-9-23-3/h4-7,11,16H,1,8-10H2,2-3H3,(H2,19,20,22)/t16-/m0/s1. The minimum absolute atomic E-state index is 0.134. The number of allylic oxidation sites excluding steroid dienone is 1. The van der Waals surface area contributed by atoms with Gasteiger partial charge in [-0.3, -0.25) is 0 Å². The lowest BCUT2D eigenvalue weighted by molar-refractivity contribution is -0.140. The van der Waals surface area contributed by atoms with Gasteiger partial charge < -0.3 is 24.8 Å². The summed E-state index contributed by atoms with van der Waals surface area (Å²) in [6.07, 6.45) is 1.64. The van der Waals surface area contributed by atoms with Crippen molar-refractivity contribution in [3.05, 3.63) is 53.8 Å². The molecule has 1 aliphatic heterocycles. The van der Waals surface area contributed by atoms with E-state index in [0.29, 0.717) is 30.2 Å². The molecule has 7 nitrogen and oxygen atoms in total. The smallest absolute Gasteiger partial charge is 0.338 e. The van der Waals surface area contributed by atoms with E-state index in [9.17, 15) is 9.59 Å². The Morgan fingerprint density at radius 1 is 1.36 bits per heavy atom. The summed E-state index contributed by atoms with van der Waals surface area (Å²) in [4.78, 5) is 24.3. The number of carbonyl (C=O) groups is 2. The molecule has 0 aromatic heterocycles. The highest BCUT2D eigenvalue weighted by Crippen LogP contribution is 2.29. The van der Waals surface area contributed by atoms with Gasteiger partial charge in [0, 0.05) is 12.8 Å². The third kappa shape index (κ3) is 4.84. The average molecular weight is 346 g/mol. The van der Waals surface area contributed by atoms with Gasteiger partial charge in [0.15, 0.2) is 0 Å². The third-order valence-corrected chi connectivity index (χ3v) is 3.57. The number of methoxy groups -OCH3 is 1. The summed E-state index contributed by atoms with van der Waals surface area (Å²) in [5.74, 6) is 0.111. The van der Waals surface area contributed by atoms with Crippen LogP contribution in [0, 0.1) is 0 Å². The molecule has 0 radical (unpaired) electrons. The monoisotopic (exact) mass is 346 g/mol. The molecule has 0 saturated carbocycles. The highest BCUT2D eigenvalue weighted by Gasteiger charge is 2.32. The van der Waals surface area contributed by atoms with Crippen molar-refractivity contribution in [2.24, 2.45) is 0 Å². The number of esters is 1. The van der Waals surface area contributed by atoms with Gasteiger partial charge in [-0.05, 0) is 24.6 Å². The molecule has 2 rings (SSSR count). The number of ether oxygens (including phenoxy) is 3. The Bertz CT molecular complexity index is 684. The van der Waals surface area contributed by atoms with Crippen LogP contribution < -0.4 is 15.4 Å². The van der Waals surface area contributed by atoms with Gasteiger partial charge in [0.2, 0.25) is 0 Å². The Kier molecular flexibility index (Phi) is 6.59. The predicted molar refractivity (Wildman–Crippen MR) is 92.1 cm³/mol. The van der Waals surface area contributed by atoms with Gasteiger partial charge in [0.05, 0.1) is 18.2 Å². The molecule has 1 aromatic rings. The number of amides is 2. The molecule has 134 valence electrons. The third-order valence-electron chi connectivity index (χ3n) is 3.57. The zero-order chi connectivity index (χ0) is 18.2. The van der Waals surface area contributed by atoms with E-state index in [1.54, 1.807) is 31.2 Å². The fourth-order valence-electron chi connectivity index (χ4n) is 2.45. The number of hydrogen-bond donors (Lipinski definition) is 2. The van der Waals surface area contributed by atoms with Crippen molar-refractivity contribution in [1.29, 1.82) is 0 Å². The number of hydrogen-bond acceptors (Lipinski definition) is 5. The maximum atomic E-state index is 12.5. The first-order chi connectivity index (χ1) is 12.1. The largest absolute Gasteiger partial charge is 0.490 e. The molecule has 2 N–H and O–H groups in total. The number of benzene rings is 1. The van der Waals surface area contributed by atoms with E-state index < -0.39 is 12.0 Å². The molecule has 7 heteroatoms. The molecule has 0 aliphatic carbocycles. The molecule has 0 bridgehead atoms. The number of nitrogens with one attached hydrogen (secondary N) is 2. The van der Waals surface area contributed by atoms with E-state index in [2.05, 4.69) is 17.2 Å². The molecule has 2 amide bonds. The SMILES string of the molecule is C=CCOc1cccc([C@@H]2NC(=O)NC(C)=C2C(=O)OCCOC)c1. The van der Waals surface area contributed by atoms with Crippen molar-refractivity contribution >= 4 is 12.0 Å². The number of carbonyl (C=O) groups excluding carboxylic acids is 2. The van der Waals surface area contributed by atoms with Gasteiger partial charge in [-0.2, -0.15) is 0 Å². The van der Waals surface area contributed by atoms with Gasteiger partial charge in [0.25, 0.3) is 0 Å². The molecule has 0 unspecified atom stereocenters. The summed E-state index contributed by atoms with van der Waals surface area (Å²) in [6.45, 7) is 6.07. The van der Waals surface area contributed by atoms with E-state index in [1.165, 1.54) is 7.11 Å². The molecule has 1 aliphatic rings. The molecule has 0 fully saturated rings. The van der Waals surface area contributed by atoms with Crippen LogP contribution in [0.4, 0.5) is 4.79 Å². The zero-order valence-corrected chi connectivity index (χ0v) is 14.3. The van der Waals surface area contributed by atoms with E-state index in [1.807, 2.05) is 6.07 Å². The number of urea groups is 1. The Morgan fingerprint density at radius 2 is 2.16 bits per heavy atom. The quantitative estimate of drug-likeness (QED) is 0.428. The Labute approximate surface area is 146 Å². The highest BCUT2D eigenvalue weighted by molar-refractivity contribution is 5.95. The van der Waals surface area contributed by atoms with Gasteiger partial charge in [-0.25, -0.2) is 9.59 Å². The Balaban J connectivity index is 2.29. The van der Waals surface area contributed by atoms with Gasteiger partial charge in [-0.15, -0.1) is 0 Å². The maximum absolute atomic E-state index is 12.5. The van der Waals surface area contributed by atoms with E-state index in [-0.39, 0.29) is 12.6 Å². The van der Waals surface area contributed by atoms with Crippen molar-refractivity contribution in [3.8, 4) is 5.75 Å². The minimum atomic E-state index is -0.629. The van der Waals surface area contributed by atoms with Crippen LogP contribution in [-0.4, -0.2) is 38.9 Å². The zero-order valence-electron chi connectivity index (χ0n) is 14.3. The molecule has 1 aromatic carbocycles. The van der Waals surface area contributed by atoms with Gasteiger partial charge >= 0.3 is 12.0 Å². The summed E-state index contributed by atoms with van der Waals surface area (Å²) < 4.78 is 15.6. The van der Waals surface area contributed by atoms with E-state index >= 15 is 0 Å². The first-order valence-corrected chi connectivity index (χ1v) is 7.84.